The quantitative estimate of drug-likeness (QED) is 0.0827. The molecular formula is C56H62BClF4N10O8. The Bertz CT molecular complexity index is 3260. The third-order valence-corrected chi connectivity index (χ3v) is 15.2. The average molecular weight is 1130 g/mol. The zero-order valence-electron chi connectivity index (χ0n) is 45.4. The predicted molar refractivity (Wildman–Crippen MR) is 293 cm³/mol. The van der Waals surface area contributed by atoms with Crippen molar-refractivity contribution in [2.45, 2.75) is 116 Å². The molecule has 4 atom stereocenters. The van der Waals surface area contributed by atoms with Crippen molar-refractivity contribution in [3.8, 4) is 11.3 Å². The molecule has 0 radical (unpaired) electrons. The number of carbonyl (C=O) groups is 2. The average Bonchev–Trinajstić information content (AvgIpc) is 3.65. The zero-order chi connectivity index (χ0) is 57.5. The molecule has 2 aromatic carbocycles. The van der Waals surface area contributed by atoms with Crippen LogP contribution >= 0.6 is 11.6 Å². The molecular weight excluding hydrogens is 1060 g/mol. The molecule has 6 aromatic rings. The molecule has 11 rings (SSSR count). The van der Waals surface area contributed by atoms with E-state index in [2.05, 4.69) is 50.8 Å². The van der Waals surface area contributed by atoms with E-state index in [0.717, 1.165) is 66.1 Å². The number of morpholine rings is 2. The third kappa shape index (κ3) is 12.7. The van der Waals surface area contributed by atoms with Gasteiger partial charge in [-0.2, -0.15) is 27.8 Å². The van der Waals surface area contributed by atoms with Gasteiger partial charge in [0, 0.05) is 86.3 Å². The molecule has 4 unspecified atom stereocenters. The van der Waals surface area contributed by atoms with Gasteiger partial charge in [0.25, 0.3) is 23.7 Å². The maximum atomic E-state index is 13.6. The summed E-state index contributed by atoms with van der Waals surface area (Å²) in [5, 5.41) is 42.8. The molecule has 3 saturated heterocycles. The molecule has 24 heteroatoms. The SMILES string of the molecule is Cc1ccc(NC(=O)c2ccnc(C(C)(F)F)c2)cc1-c1cc2c(nn1)C(O)CC1COCCN21.Cc1ccc(NC(=O)c2ccnc(C(C)(F)F)c2)cc1B1OC(C)(C)C(C)(C)O1.OC1CC2COCCN2c2cc(Cl)nnc21. The van der Waals surface area contributed by atoms with Gasteiger partial charge in [0.2, 0.25) is 0 Å². The predicted octanol–water partition coefficient (Wildman–Crippen LogP) is 8.68. The van der Waals surface area contributed by atoms with Crippen molar-refractivity contribution in [1.82, 2.24) is 30.4 Å². The van der Waals surface area contributed by atoms with E-state index in [1.165, 1.54) is 24.5 Å². The second kappa shape index (κ2) is 23.0. The number of amides is 2. The number of fused-ring (bicyclic) bond motifs is 6. The Labute approximate surface area is 465 Å². The Hall–Kier alpha value is -6.73. The van der Waals surface area contributed by atoms with Crippen molar-refractivity contribution in [2.75, 3.05) is 60.0 Å². The fourth-order valence-corrected chi connectivity index (χ4v) is 9.99. The number of nitrogens with zero attached hydrogens (tertiary/aromatic N) is 8. The second-order valence-electron chi connectivity index (χ2n) is 21.5. The number of hydrogen-bond acceptors (Lipinski definition) is 16. The summed E-state index contributed by atoms with van der Waals surface area (Å²) in [5.41, 5.74) is 6.26. The number of aromatic nitrogens is 6. The fraction of sp³-hybridized carbons (Fsp3) is 0.429. The smallest absolute Gasteiger partial charge is 0.399 e. The minimum Gasteiger partial charge on any atom is -0.399 e. The standard InChI is InChI=1S/C25H25F2N5O3.C21H25BF2N2O3.C10H12ClN3O2/c1-14-3-4-16(29-24(34)15-5-6-28-22(9-15)25(2,26)27)10-18(14)19-12-20-23(31-30-19)21(33)11-17-13-35-8-7-32(17)20;1-13-7-8-15(12-16(13)22-28-19(2,3)20(4,5)29-22)26-18(27)14-9-10-25-17(11-14)21(6,23)24;11-9-4-7-10(13-12-9)8(15)3-6-5-16-2-1-14(6)7/h3-6,9-10,12,17,21,33H,7-8,11,13H2,1-2H3,(H,29,34);7-12H,1-6H3,(H,26,27);4,6,8,15H,1-3,5H2. The fourth-order valence-electron chi connectivity index (χ4n) is 9.85. The first-order valence-corrected chi connectivity index (χ1v) is 26.5. The summed E-state index contributed by atoms with van der Waals surface area (Å²) >= 11 is 5.84. The van der Waals surface area contributed by atoms with E-state index < -0.39 is 65.6 Å². The second-order valence-corrected chi connectivity index (χ2v) is 21.9. The Kier molecular flexibility index (Phi) is 16.7. The molecule has 5 aliphatic heterocycles. The van der Waals surface area contributed by atoms with Crippen LogP contribution in [0.15, 0.2) is 85.2 Å². The molecule has 5 aliphatic rings. The van der Waals surface area contributed by atoms with E-state index >= 15 is 0 Å². The van der Waals surface area contributed by atoms with Crippen molar-refractivity contribution >= 4 is 58.7 Å². The van der Waals surface area contributed by atoms with Gasteiger partial charge in [-0.05, 0) is 107 Å². The highest BCUT2D eigenvalue weighted by atomic mass is 35.5. The molecule has 2 amide bonds. The number of pyridine rings is 2. The molecule has 9 heterocycles. The molecule has 0 bridgehead atoms. The Morgan fingerprint density at radius 2 is 1.14 bits per heavy atom. The number of aliphatic hydroxyl groups excluding tert-OH is 2. The van der Waals surface area contributed by atoms with Crippen molar-refractivity contribution in [3.05, 3.63) is 135 Å². The molecule has 4 aromatic heterocycles. The van der Waals surface area contributed by atoms with Crippen LogP contribution in [0, 0.1) is 13.8 Å². The van der Waals surface area contributed by atoms with Crippen LogP contribution in [-0.2, 0) is 30.6 Å². The van der Waals surface area contributed by atoms with Gasteiger partial charge in [0.15, 0.2) is 5.15 Å². The van der Waals surface area contributed by atoms with Crippen molar-refractivity contribution in [3.63, 3.8) is 0 Å². The largest absolute Gasteiger partial charge is 0.495 e. The number of alkyl halides is 4. The summed E-state index contributed by atoms with van der Waals surface area (Å²) in [6.45, 7) is 17.2. The maximum Gasteiger partial charge on any atom is 0.495 e. The normalized spacial score (nSPS) is 20.8. The summed E-state index contributed by atoms with van der Waals surface area (Å²) in [6, 6.07) is 19.7. The Morgan fingerprint density at radius 3 is 1.65 bits per heavy atom. The van der Waals surface area contributed by atoms with Gasteiger partial charge in [-0.3, -0.25) is 19.6 Å². The molecule has 3 fully saturated rings. The summed E-state index contributed by atoms with van der Waals surface area (Å²) in [6.07, 6.45) is 2.31. The number of benzene rings is 2. The summed E-state index contributed by atoms with van der Waals surface area (Å²) in [7, 11) is -0.567. The van der Waals surface area contributed by atoms with Crippen LogP contribution in [0.1, 0.15) is 121 Å². The minimum atomic E-state index is -3.15. The van der Waals surface area contributed by atoms with Gasteiger partial charge in [-0.15, -0.1) is 10.2 Å². The highest BCUT2D eigenvalue weighted by molar-refractivity contribution is 6.62. The number of halogens is 5. The highest BCUT2D eigenvalue weighted by Crippen LogP contribution is 2.41. The Balaban J connectivity index is 0.000000155. The van der Waals surface area contributed by atoms with Crippen LogP contribution < -0.4 is 25.9 Å². The summed E-state index contributed by atoms with van der Waals surface area (Å²) in [4.78, 5) is 37.0. The molecule has 4 N–H and O–H groups in total. The van der Waals surface area contributed by atoms with Crippen LogP contribution in [0.4, 0.5) is 40.3 Å². The monoisotopic (exact) mass is 1120 g/mol. The summed E-state index contributed by atoms with van der Waals surface area (Å²) < 4.78 is 77.4. The maximum absolute atomic E-state index is 13.6. The molecule has 80 heavy (non-hydrogen) atoms. The van der Waals surface area contributed by atoms with Crippen LogP contribution in [0.5, 0.6) is 0 Å². The van der Waals surface area contributed by atoms with Gasteiger partial charge in [0.1, 0.15) is 35.0 Å². The van der Waals surface area contributed by atoms with E-state index in [4.69, 9.17) is 30.4 Å². The van der Waals surface area contributed by atoms with Gasteiger partial charge < -0.3 is 49.4 Å². The number of hydrogen-bond donors (Lipinski definition) is 4. The number of ether oxygens (including phenoxy) is 2. The van der Waals surface area contributed by atoms with E-state index in [-0.39, 0.29) is 23.2 Å². The zero-order valence-corrected chi connectivity index (χ0v) is 46.2. The first-order chi connectivity index (χ1) is 37.8. The van der Waals surface area contributed by atoms with Crippen molar-refractivity contribution < 1.29 is 56.1 Å². The number of carbonyl (C=O) groups excluding carboxylic acids is 2. The first-order valence-electron chi connectivity index (χ1n) is 26.1. The van der Waals surface area contributed by atoms with E-state index in [1.54, 1.807) is 30.3 Å². The molecule has 0 spiro atoms. The third-order valence-electron chi connectivity index (χ3n) is 15.0. The Morgan fingerprint density at radius 1 is 0.662 bits per heavy atom. The highest BCUT2D eigenvalue weighted by Gasteiger charge is 2.52. The topological polar surface area (TPSA) is 219 Å². The van der Waals surface area contributed by atoms with Gasteiger partial charge in [-0.1, -0.05) is 29.3 Å². The lowest BCUT2D eigenvalue weighted by Crippen LogP contribution is -2.49. The number of aliphatic hydroxyl groups is 2. The van der Waals surface area contributed by atoms with Gasteiger partial charge in [-0.25, -0.2) is 0 Å². The molecule has 0 aliphatic carbocycles. The summed E-state index contributed by atoms with van der Waals surface area (Å²) in [5.74, 6) is -7.29. The molecule has 18 nitrogen and oxygen atoms in total. The first kappa shape index (κ1) is 57.9. The van der Waals surface area contributed by atoms with Gasteiger partial charge in [0.05, 0.1) is 66.8 Å². The molecule has 0 saturated carbocycles. The molecule has 422 valence electrons. The number of rotatable bonds is 8. The van der Waals surface area contributed by atoms with Crippen molar-refractivity contribution in [2.24, 2.45) is 0 Å². The minimum absolute atomic E-state index is 0.0794. The van der Waals surface area contributed by atoms with Crippen LogP contribution in [0.25, 0.3) is 11.3 Å². The van der Waals surface area contributed by atoms with Crippen LogP contribution in [0.3, 0.4) is 0 Å². The van der Waals surface area contributed by atoms with Crippen molar-refractivity contribution in [1.29, 1.82) is 0 Å². The van der Waals surface area contributed by atoms with Crippen LogP contribution in [-0.4, -0.2) is 122 Å². The number of anilines is 4. The van der Waals surface area contributed by atoms with Crippen LogP contribution in [0.2, 0.25) is 5.15 Å². The van der Waals surface area contributed by atoms with Gasteiger partial charge >= 0.3 is 7.12 Å². The number of aryl methyl sites for hydroxylation is 2. The lowest BCUT2D eigenvalue weighted by molar-refractivity contribution is 0.00578. The lowest BCUT2D eigenvalue weighted by Gasteiger charge is -2.42. The van der Waals surface area contributed by atoms with E-state index in [9.17, 15) is 37.4 Å². The number of nitrogens with one attached hydrogen (secondary N) is 2. The lowest BCUT2D eigenvalue weighted by atomic mass is 9.76. The van der Waals surface area contributed by atoms with E-state index in [0.29, 0.717) is 79.4 Å². The van der Waals surface area contributed by atoms with E-state index in [1.807, 2.05) is 59.7 Å².